The van der Waals surface area contributed by atoms with Crippen molar-refractivity contribution in [1.82, 2.24) is 9.21 Å². The second-order valence-electron chi connectivity index (χ2n) is 9.08. The number of anilines is 2. The Kier molecular flexibility index (Phi) is 7.54. The SMILES string of the molecule is CN(C)c1ccccc1-c1ccc(C(=O)Nc2ccc(CN3CCN(S(C)(=O)=O)CC3)cc2)cc1. The van der Waals surface area contributed by atoms with Crippen LogP contribution in [0.1, 0.15) is 15.9 Å². The van der Waals surface area contributed by atoms with Gasteiger partial charge in [0.05, 0.1) is 6.26 Å². The number of carbonyl (C=O) groups is 1. The number of rotatable bonds is 7. The summed E-state index contributed by atoms with van der Waals surface area (Å²) >= 11 is 0. The number of sulfonamides is 1. The van der Waals surface area contributed by atoms with E-state index in [-0.39, 0.29) is 5.91 Å². The van der Waals surface area contributed by atoms with Gasteiger partial charge in [-0.15, -0.1) is 0 Å². The molecule has 0 radical (unpaired) electrons. The molecule has 8 heteroatoms. The summed E-state index contributed by atoms with van der Waals surface area (Å²) in [5, 5.41) is 2.97. The predicted octanol–water partition coefficient (Wildman–Crippen LogP) is 3.75. The summed E-state index contributed by atoms with van der Waals surface area (Å²) < 4.78 is 24.9. The maximum absolute atomic E-state index is 12.8. The minimum absolute atomic E-state index is 0.151. The van der Waals surface area contributed by atoms with Crippen molar-refractivity contribution in [2.75, 3.05) is 56.7 Å². The minimum atomic E-state index is -3.12. The Labute approximate surface area is 208 Å². The van der Waals surface area contributed by atoms with E-state index >= 15 is 0 Å². The van der Waals surface area contributed by atoms with Gasteiger partial charge in [0.15, 0.2) is 0 Å². The van der Waals surface area contributed by atoms with Crippen molar-refractivity contribution in [2.45, 2.75) is 6.54 Å². The van der Waals surface area contributed by atoms with Crippen molar-refractivity contribution in [2.24, 2.45) is 0 Å². The molecule has 0 spiro atoms. The zero-order valence-corrected chi connectivity index (χ0v) is 21.3. The van der Waals surface area contributed by atoms with Crippen molar-refractivity contribution in [3.8, 4) is 11.1 Å². The van der Waals surface area contributed by atoms with E-state index in [0.717, 1.165) is 34.6 Å². The van der Waals surface area contributed by atoms with Gasteiger partial charge in [-0.3, -0.25) is 9.69 Å². The number of carbonyl (C=O) groups excluding carboxylic acids is 1. The van der Waals surface area contributed by atoms with Crippen LogP contribution in [0.5, 0.6) is 0 Å². The molecule has 1 saturated heterocycles. The number of piperazine rings is 1. The number of nitrogens with one attached hydrogen (secondary N) is 1. The summed E-state index contributed by atoms with van der Waals surface area (Å²) in [4.78, 5) is 17.1. The molecule has 3 aromatic rings. The molecule has 1 aliphatic heterocycles. The summed E-state index contributed by atoms with van der Waals surface area (Å²) in [6.07, 6.45) is 1.26. The van der Waals surface area contributed by atoms with Crippen molar-refractivity contribution < 1.29 is 13.2 Å². The van der Waals surface area contributed by atoms with Crippen LogP contribution in [0.25, 0.3) is 11.1 Å². The fourth-order valence-corrected chi connectivity index (χ4v) is 5.11. The number of nitrogens with zero attached hydrogens (tertiary/aromatic N) is 3. The van der Waals surface area contributed by atoms with Gasteiger partial charge in [-0.1, -0.05) is 42.5 Å². The van der Waals surface area contributed by atoms with E-state index in [1.165, 1.54) is 10.6 Å². The van der Waals surface area contributed by atoms with E-state index in [1.54, 1.807) is 0 Å². The summed E-state index contributed by atoms with van der Waals surface area (Å²) in [6, 6.07) is 23.7. The second kappa shape index (κ2) is 10.6. The maximum atomic E-state index is 12.8. The van der Waals surface area contributed by atoms with Gasteiger partial charge in [0.25, 0.3) is 5.91 Å². The van der Waals surface area contributed by atoms with Crippen molar-refractivity contribution >= 4 is 27.3 Å². The highest BCUT2D eigenvalue weighted by atomic mass is 32.2. The molecule has 1 amide bonds. The average molecular weight is 493 g/mol. The lowest BCUT2D eigenvalue weighted by Gasteiger charge is -2.33. The first-order valence-corrected chi connectivity index (χ1v) is 13.5. The summed E-state index contributed by atoms with van der Waals surface area (Å²) in [5.74, 6) is -0.151. The monoisotopic (exact) mass is 492 g/mol. The van der Waals surface area contributed by atoms with Crippen LogP contribution in [0.15, 0.2) is 72.8 Å². The normalized spacial score (nSPS) is 15.1. The van der Waals surface area contributed by atoms with Gasteiger partial charge >= 0.3 is 0 Å². The second-order valence-corrected chi connectivity index (χ2v) is 11.1. The molecule has 7 nitrogen and oxygen atoms in total. The number of benzene rings is 3. The van der Waals surface area contributed by atoms with Gasteiger partial charge in [-0.25, -0.2) is 8.42 Å². The smallest absolute Gasteiger partial charge is 0.255 e. The Morgan fingerprint density at radius 2 is 1.51 bits per heavy atom. The highest BCUT2D eigenvalue weighted by Gasteiger charge is 2.23. The lowest BCUT2D eigenvalue weighted by molar-refractivity contribution is 0.102. The standard InChI is InChI=1S/C27H32N4O3S/c1-29(2)26-7-5-4-6-25(26)22-10-12-23(13-11-22)27(32)28-24-14-8-21(9-15-24)20-30-16-18-31(19-17-30)35(3,33)34/h4-15H,16-20H2,1-3H3,(H,28,32). The van der Waals surface area contributed by atoms with Crippen molar-refractivity contribution in [1.29, 1.82) is 0 Å². The third-order valence-electron chi connectivity index (χ3n) is 6.26. The highest BCUT2D eigenvalue weighted by Crippen LogP contribution is 2.29. The first-order valence-electron chi connectivity index (χ1n) is 11.7. The third-order valence-corrected chi connectivity index (χ3v) is 7.57. The number of para-hydroxylation sites is 1. The molecule has 0 bridgehead atoms. The Bertz CT molecular complexity index is 1260. The molecule has 1 N–H and O–H groups in total. The van der Waals surface area contributed by atoms with Crippen molar-refractivity contribution in [3.63, 3.8) is 0 Å². The molecule has 0 aromatic heterocycles. The molecular weight excluding hydrogens is 460 g/mol. The highest BCUT2D eigenvalue weighted by molar-refractivity contribution is 7.88. The fourth-order valence-electron chi connectivity index (χ4n) is 4.28. The average Bonchev–Trinajstić information content (AvgIpc) is 2.85. The lowest BCUT2D eigenvalue weighted by Crippen LogP contribution is -2.47. The molecule has 0 aliphatic carbocycles. The van der Waals surface area contributed by atoms with Gasteiger partial charge < -0.3 is 10.2 Å². The summed E-state index contributed by atoms with van der Waals surface area (Å²) in [6.45, 7) is 3.21. The van der Waals surface area contributed by atoms with Gasteiger partial charge in [-0.05, 0) is 41.5 Å². The molecule has 35 heavy (non-hydrogen) atoms. The van der Waals surface area contributed by atoms with Crippen LogP contribution < -0.4 is 10.2 Å². The van der Waals surface area contributed by atoms with Crippen LogP contribution in [0.2, 0.25) is 0 Å². The molecule has 1 fully saturated rings. The quantitative estimate of drug-likeness (QED) is 0.544. The molecule has 0 saturated carbocycles. The maximum Gasteiger partial charge on any atom is 0.255 e. The van der Waals surface area contributed by atoms with Gasteiger partial charge in [0.2, 0.25) is 10.0 Å². The molecule has 1 heterocycles. The van der Waals surface area contributed by atoms with Gasteiger partial charge in [0.1, 0.15) is 0 Å². The minimum Gasteiger partial charge on any atom is -0.377 e. The Balaban J connectivity index is 1.34. The van der Waals surface area contributed by atoms with Crippen LogP contribution >= 0.6 is 0 Å². The number of hydrogen-bond donors (Lipinski definition) is 1. The molecule has 0 atom stereocenters. The van der Waals surface area contributed by atoms with Crippen LogP contribution in [-0.2, 0) is 16.6 Å². The zero-order chi connectivity index (χ0) is 25.0. The van der Waals surface area contributed by atoms with E-state index in [9.17, 15) is 13.2 Å². The number of hydrogen-bond acceptors (Lipinski definition) is 5. The lowest BCUT2D eigenvalue weighted by atomic mass is 10.0. The van der Waals surface area contributed by atoms with Gasteiger partial charge in [-0.2, -0.15) is 4.31 Å². The first kappa shape index (κ1) is 24.9. The summed E-state index contributed by atoms with van der Waals surface area (Å²) in [5.41, 5.74) is 5.78. The molecule has 0 unspecified atom stereocenters. The Morgan fingerprint density at radius 1 is 0.886 bits per heavy atom. The van der Waals surface area contributed by atoms with E-state index in [4.69, 9.17) is 0 Å². The molecule has 1 aliphatic rings. The van der Waals surface area contributed by atoms with E-state index < -0.39 is 10.0 Å². The molecule has 3 aromatic carbocycles. The Hall–Kier alpha value is -3.20. The topological polar surface area (TPSA) is 73.0 Å². The molecule has 184 valence electrons. The summed E-state index contributed by atoms with van der Waals surface area (Å²) in [7, 11) is 0.918. The molecular formula is C27H32N4O3S. The van der Waals surface area contributed by atoms with E-state index in [1.807, 2.05) is 74.8 Å². The largest absolute Gasteiger partial charge is 0.377 e. The van der Waals surface area contributed by atoms with Crippen LogP contribution in [0.3, 0.4) is 0 Å². The fraction of sp³-hybridized carbons (Fsp3) is 0.296. The van der Waals surface area contributed by atoms with E-state index in [0.29, 0.717) is 31.7 Å². The van der Waals surface area contributed by atoms with Crippen LogP contribution in [0.4, 0.5) is 11.4 Å². The van der Waals surface area contributed by atoms with Crippen molar-refractivity contribution in [3.05, 3.63) is 83.9 Å². The third kappa shape index (κ3) is 6.28. The van der Waals surface area contributed by atoms with Gasteiger partial charge in [0, 0.05) is 69.3 Å². The number of amides is 1. The first-order chi connectivity index (χ1) is 16.7. The molecule has 4 rings (SSSR count). The van der Waals surface area contributed by atoms with Crippen LogP contribution in [-0.4, -0.2) is 70.1 Å². The van der Waals surface area contributed by atoms with E-state index in [2.05, 4.69) is 27.2 Å². The Morgan fingerprint density at radius 3 is 2.11 bits per heavy atom. The zero-order valence-electron chi connectivity index (χ0n) is 20.4. The predicted molar refractivity (Wildman–Crippen MR) is 142 cm³/mol. The van der Waals surface area contributed by atoms with Crippen LogP contribution in [0, 0.1) is 0 Å².